The van der Waals surface area contributed by atoms with Crippen molar-refractivity contribution in [2.75, 3.05) is 0 Å². The van der Waals surface area contributed by atoms with E-state index in [1.807, 2.05) is 60.7 Å². The first-order chi connectivity index (χ1) is 18.3. The van der Waals surface area contributed by atoms with Gasteiger partial charge in [-0.25, -0.2) is 4.79 Å². The van der Waals surface area contributed by atoms with Crippen molar-refractivity contribution in [2.45, 2.75) is 38.2 Å². The van der Waals surface area contributed by atoms with Gasteiger partial charge in [-0.05, 0) is 42.0 Å². The first kappa shape index (κ1) is 25.0. The minimum atomic E-state index is -0.877. The minimum Gasteiger partial charge on any atom is -0.502 e. The van der Waals surface area contributed by atoms with E-state index >= 15 is 0 Å². The highest BCUT2D eigenvalue weighted by molar-refractivity contribution is 6.04. The number of dihydropyridines is 1. The largest absolute Gasteiger partial charge is 0.502 e. The SMILES string of the molecule is CC1=C(C(=O)OCc2ccccc2)[C@H](c2ccc(O)c([N+](=O)[O-])c2)C2=C(C[C@H](c3ccccc3)CC2=O)N1. The fourth-order valence-corrected chi connectivity index (χ4v) is 5.27. The quantitative estimate of drug-likeness (QED) is 0.259. The number of phenols is 1. The van der Waals surface area contributed by atoms with Gasteiger partial charge in [0.2, 0.25) is 0 Å². The molecular formula is C30H26N2O6. The van der Waals surface area contributed by atoms with E-state index in [1.165, 1.54) is 18.2 Å². The summed E-state index contributed by atoms with van der Waals surface area (Å²) in [5.74, 6) is -2.17. The maximum absolute atomic E-state index is 13.7. The molecule has 5 rings (SSSR count). The number of esters is 1. The maximum Gasteiger partial charge on any atom is 0.337 e. The van der Waals surface area contributed by atoms with Crippen molar-refractivity contribution in [3.63, 3.8) is 0 Å². The molecule has 3 aromatic carbocycles. The highest BCUT2D eigenvalue weighted by Crippen LogP contribution is 2.46. The Labute approximate surface area is 219 Å². The van der Waals surface area contributed by atoms with E-state index in [4.69, 9.17) is 4.74 Å². The van der Waals surface area contributed by atoms with Crippen LogP contribution in [0.4, 0.5) is 5.69 Å². The number of benzene rings is 3. The Balaban J connectivity index is 1.57. The van der Waals surface area contributed by atoms with E-state index < -0.39 is 28.2 Å². The summed E-state index contributed by atoms with van der Waals surface area (Å²) < 4.78 is 5.64. The van der Waals surface area contributed by atoms with E-state index in [2.05, 4.69) is 5.32 Å². The molecule has 1 aliphatic carbocycles. The molecule has 2 N–H and O–H groups in total. The normalized spacial score (nSPS) is 19.0. The molecular weight excluding hydrogens is 484 g/mol. The molecule has 0 radical (unpaired) electrons. The summed E-state index contributed by atoms with van der Waals surface area (Å²) in [4.78, 5) is 38.1. The van der Waals surface area contributed by atoms with E-state index in [-0.39, 0.29) is 30.3 Å². The number of nitrogens with zero attached hydrogens (tertiary/aromatic N) is 1. The molecule has 0 bridgehead atoms. The molecule has 192 valence electrons. The van der Waals surface area contributed by atoms with Gasteiger partial charge in [-0.3, -0.25) is 14.9 Å². The topological polar surface area (TPSA) is 119 Å². The molecule has 0 aromatic heterocycles. The molecule has 2 aliphatic rings. The van der Waals surface area contributed by atoms with Crippen LogP contribution in [0.2, 0.25) is 0 Å². The maximum atomic E-state index is 13.7. The number of carbonyl (C=O) groups excluding carboxylic acids is 2. The third-order valence-electron chi connectivity index (χ3n) is 7.06. The minimum absolute atomic E-state index is 0.0365. The molecule has 38 heavy (non-hydrogen) atoms. The third-order valence-corrected chi connectivity index (χ3v) is 7.06. The van der Waals surface area contributed by atoms with Crippen LogP contribution in [0.25, 0.3) is 0 Å². The van der Waals surface area contributed by atoms with Gasteiger partial charge in [0.1, 0.15) is 6.61 Å². The number of aromatic hydroxyl groups is 1. The first-order valence-electron chi connectivity index (χ1n) is 12.3. The molecule has 8 nitrogen and oxygen atoms in total. The number of carbonyl (C=O) groups is 2. The smallest absolute Gasteiger partial charge is 0.337 e. The summed E-state index contributed by atoms with van der Waals surface area (Å²) in [6.07, 6.45) is 0.790. The van der Waals surface area contributed by atoms with Crippen molar-refractivity contribution in [1.29, 1.82) is 0 Å². The highest BCUT2D eigenvalue weighted by atomic mass is 16.6. The fourth-order valence-electron chi connectivity index (χ4n) is 5.27. The van der Waals surface area contributed by atoms with Gasteiger partial charge in [0.25, 0.3) is 0 Å². The molecule has 1 heterocycles. The van der Waals surface area contributed by atoms with Crippen molar-refractivity contribution in [1.82, 2.24) is 5.32 Å². The predicted molar refractivity (Wildman–Crippen MR) is 140 cm³/mol. The number of phenolic OH excluding ortho intramolecular Hbond substituents is 1. The van der Waals surface area contributed by atoms with Crippen LogP contribution in [0.5, 0.6) is 5.75 Å². The van der Waals surface area contributed by atoms with E-state index in [1.54, 1.807) is 6.92 Å². The van der Waals surface area contributed by atoms with Gasteiger partial charge in [0, 0.05) is 35.4 Å². The van der Waals surface area contributed by atoms with Crippen LogP contribution in [0.15, 0.2) is 101 Å². The van der Waals surface area contributed by atoms with Crippen LogP contribution in [-0.2, 0) is 20.9 Å². The lowest BCUT2D eigenvalue weighted by atomic mass is 9.71. The average Bonchev–Trinajstić information content (AvgIpc) is 2.92. The van der Waals surface area contributed by atoms with Gasteiger partial charge in [-0.2, -0.15) is 0 Å². The standard InChI is InChI=1S/C30H26N2O6/c1-18-27(30(35)38-17-19-8-4-2-5-9-19)28(21-12-13-25(33)24(15-21)32(36)37)29-23(31-18)14-22(16-26(29)34)20-10-6-3-7-11-20/h2-13,15,22,28,31,33H,14,16-17H2,1H3/t22-,28-/m0/s1. The number of nitrogens with one attached hydrogen (secondary N) is 1. The van der Waals surface area contributed by atoms with Crippen LogP contribution in [0.3, 0.4) is 0 Å². The highest BCUT2D eigenvalue weighted by Gasteiger charge is 2.42. The molecule has 0 saturated heterocycles. The second kappa shape index (κ2) is 10.3. The van der Waals surface area contributed by atoms with Gasteiger partial charge < -0.3 is 15.2 Å². The van der Waals surface area contributed by atoms with Crippen molar-refractivity contribution in [3.05, 3.63) is 128 Å². The molecule has 0 fully saturated rings. The molecule has 0 spiro atoms. The van der Waals surface area contributed by atoms with Crippen molar-refractivity contribution < 1.29 is 24.4 Å². The Morgan fingerprint density at radius 1 is 1.03 bits per heavy atom. The summed E-state index contributed by atoms with van der Waals surface area (Å²) >= 11 is 0. The van der Waals surface area contributed by atoms with Crippen LogP contribution in [0, 0.1) is 10.1 Å². The monoisotopic (exact) mass is 510 g/mol. The molecule has 0 unspecified atom stereocenters. The van der Waals surface area contributed by atoms with E-state index in [9.17, 15) is 24.8 Å². The summed E-state index contributed by atoms with van der Waals surface area (Å²) in [6, 6.07) is 22.9. The Morgan fingerprint density at radius 2 is 1.71 bits per heavy atom. The molecule has 0 amide bonds. The number of hydrogen-bond donors (Lipinski definition) is 2. The van der Waals surface area contributed by atoms with Gasteiger partial charge in [-0.15, -0.1) is 0 Å². The summed E-state index contributed by atoms with van der Waals surface area (Å²) in [5, 5.41) is 24.9. The van der Waals surface area contributed by atoms with Crippen LogP contribution in [-0.4, -0.2) is 21.8 Å². The van der Waals surface area contributed by atoms with Crippen molar-refractivity contribution in [3.8, 4) is 5.75 Å². The van der Waals surface area contributed by atoms with Gasteiger partial charge in [0.15, 0.2) is 11.5 Å². The molecule has 1 aliphatic heterocycles. The average molecular weight is 511 g/mol. The van der Waals surface area contributed by atoms with E-state index in [0.717, 1.165) is 11.1 Å². The van der Waals surface area contributed by atoms with Gasteiger partial charge >= 0.3 is 11.7 Å². The van der Waals surface area contributed by atoms with Crippen LogP contribution < -0.4 is 5.32 Å². The Bertz CT molecular complexity index is 1480. The van der Waals surface area contributed by atoms with Crippen molar-refractivity contribution in [2.24, 2.45) is 0 Å². The molecule has 2 atom stereocenters. The zero-order valence-electron chi connectivity index (χ0n) is 20.7. The lowest BCUT2D eigenvalue weighted by Crippen LogP contribution is -2.36. The Hall–Kier alpha value is -4.72. The number of nitro groups is 1. The van der Waals surface area contributed by atoms with Gasteiger partial charge in [-0.1, -0.05) is 66.7 Å². The molecule has 8 heteroatoms. The van der Waals surface area contributed by atoms with E-state index in [0.29, 0.717) is 29.0 Å². The number of Topliss-reactive ketones (excluding diaryl/α,β-unsaturated/α-hetero) is 1. The lowest BCUT2D eigenvalue weighted by molar-refractivity contribution is -0.385. The number of nitro benzene ring substituents is 1. The Kier molecular flexibility index (Phi) is 6.79. The molecule has 0 saturated carbocycles. The third kappa shape index (κ3) is 4.80. The first-order valence-corrected chi connectivity index (χ1v) is 12.3. The van der Waals surface area contributed by atoms with Gasteiger partial charge in [0.05, 0.1) is 10.5 Å². The molecule has 3 aromatic rings. The summed E-state index contributed by atoms with van der Waals surface area (Å²) in [5.41, 5.74) is 3.53. The number of hydrogen-bond acceptors (Lipinski definition) is 7. The van der Waals surface area contributed by atoms with Crippen molar-refractivity contribution >= 4 is 17.4 Å². The zero-order valence-corrected chi connectivity index (χ0v) is 20.7. The Morgan fingerprint density at radius 3 is 2.39 bits per heavy atom. The number of ketones is 1. The lowest BCUT2D eigenvalue weighted by Gasteiger charge is -2.36. The fraction of sp³-hybridized carbons (Fsp3) is 0.200. The number of ether oxygens (including phenoxy) is 1. The predicted octanol–water partition coefficient (Wildman–Crippen LogP) is 5.41. The second-order valence-corrected chi connectivity index (χ2v) is 9.49. The summed E-state index contributed by atoms with van der Waals surface area (Å²) in [7, 11) is 0. The number of allylic oxidation sites excluding steroid dienone is 3. The van der Waals surface area contributed by atoms with Crippen LogP contribution >= 0.6 is 0 Å². The number of rotatable bonds is 6. The van der Waals surface area contributed by atoms with Crippen LogP contribution in [0.1, 0.15) is 48.3 Å². The second-order valence-electron chi connectivity index (χ2n) is 9.49. The summed E-state index contributed by atoms with van der Waals surface area (Å²) in [6.45, 7) is 1.77. The zero-order chi connectivity index (χ0) is 26.8.